The predicted molar refractivity (Wildman–Crippen MR) is 124 cm³/mol. The summed E-state index contributed by atoms with van der Waals surface area (Å²) in [6.45, 7) is 2.81. The van der Waals surface area contributed by atoms with Gasteiger partial charge in [0.2, 0.25) is 5.91 Å². The lowest BCUT2D eigenvalue weighted by Crippen LogP contribution is -2.36. The monoisotopic (exact) mass is 493 g/mol. The summed E-state index contributed by atoms with van der Waals surface area (Å²) >= 11 is 3.09. The molecule has 12 heteroatoms. The van der Waals surface area contributed by atoms with Crippen molar-refractivity contribution < 1.29 is 28.7 Å². The zero-order valence-electron chi connectivity index (χ0n) is 17.3. The van der Waals surface area contributed by atoms with E-state index >= 15 is 0 Å². The lowest BCUT2D eigenvalue weighted by molar-refractivity contribution is -0.127. The van der Waals surface area contributed by atoms with Gasteiger partial charge >= 0.3 is 5.97 Å². The molecular formula is C20H19N3O6S3. The molecule has 9 nitrogen and oxygen atoms in total. The smallest absolute Gasteiger partial charge is 0.341 e. The van der Waals surface area contributed by atoms with Crippen LogP contribution >= 0.6 is 34.4 Å². The zero-order chi connectivity index (χ0) is 23.4. The number of carbonyl (C=O) groups is 5. The fourth-order valence-electron chi connectivity index (χ4n) is 2.83. The first-order valence-electron chi connectivity index (χ1n) is 9.38. The maximum atomic E-state index is 12.6. The van der Waals surface area contributed by atoms with Crippen molar-refractivity contribution in [1.29, 1.82) is 0 Å². The van der Waals surface area contributed by atoms with E-state index in [1.807, 2.05) is 17.5 Å². The molecule has 3 rings (SSSR count). The van der Waals surface area contributed by atoms with E-state index in [-0.39, 0.29) is 27.0 Å². The van der Waals surface area contributed by atoms with Crippen LogP contribution in [0.5, 0.6) is 0 Å². The van der Waals surface area contributed by atoms with Gasteiger partial charge in [0.1, 0.15) is 11.5 Å². The number of hydrogen-bond donors (Lipinski definition) is 2. The van der Waals surface area contributed by atoms with Gasteiger partial charge in [0.05, 0.1) is 22.0 Å². The van der Waals surface area contributed by atoms with Crippen LogP contribution in [0.1, 0.15) is 37.4 Å². The first-order valence-corrected chi connectivity index (χ1v) is 11.9. The maximum absolute atomic E-state index is 12.6. The fraction of sp³-hybridized carbons (Fsp3) is 0.250. The molecule has 32 heavy (non-hydrogen) atoms. The molecular weight excluding hydrogens is 474 g/mol. The Morgan fingerprint density at radius 3 is 2.62 bits per heavy atom. The van der Waals surface area contributed by atoms with Crippen LogP contribution in [0.15, 0.2) is 22.4 Å². The third kappa shape index (κ3) is 4.92. The molecule has 2 N–H and O–H groups in total. The van der Waals surface area contributed by atoms with Gasteiger partial charge in [-0.1, -0.05) is 6.07 Å². The number of thioether (sulfide) groups is 1. The number of thiophene rings is 2. The zero-order valence-corrected chi connectivity index (χ0v) is 19.8. The summed E-state index contributed by atoms with van der Waals surface area (Å²) in [7, 11) is 1.45. The Morgan fingerprint density at radius 1 is 1.25 bits per heavy atom. The highest BCUT2D eigenvalue weighted by Crippen LogP contribution is 2.35. The Hall–Kier alpha value is -2.96. The van der Waals surface area contributed by atoms with E-state index in [9.17, 15) is 24.0 Å². The number of esters is 1. The standard InChI is InChI=1S/C20H19N3O6S3/c1-4-29-19(27)14-10(2)15(16(25)21-3)32-17(14)22-13(24)9-23-18(26)12(31-20(23)28)8-11-6-5-7-30-11/h5-8H,4,9H2,1-3H3,(H,21,25)(H,22,24)/b12-8-. The van der Waals surface area contributed by atoms with Crippen LogP contribution in [0.25, 0.3) is 6.08 Å². The summed E-state index contributed by atoms with van der Waals surface area (Å²) < 4.78 is 5.05. The molecule has 0 aromatic carbocycles. The second kappa shape index (κ2) is 10.1. The number of nitrogens with zero attached hydrogens (tertiary/aromatic N) is 1. The lowest BCUT2D eigenvalue weighted by Gasteiger charge is -2.12. The molecule has 0 radical (unpaired) electrons. The highest BCUT2D eigenvalue weighted by molar-refractivity contribution is 8.18. The van der Waals surface area contributed by atoms with Gasteiger partial charge in [-0.3, -0.25) is 24.1 Å². The summed E-state index contributed by atoms with van der Waals surface area (Å²) in [5.74, 6) is -2.34. The average Bonchev–Trinajstić information content (AvgIpc) is 3.43. The van der Waals surface area contributed by atoms with Gasteiger partial charge in [0.25, 0.3) is 17.1 Å². The number of nitrogens with one attached hydrogen (secondary N) is 2. The Kier molecular flexibility index (Phi) is 7.48. The molecule has 0 saturated carbocycles. The first-order chi connectivity index (χ1) is 15.3. The minimum atomic E-state index is -0.684. The molecule has 0 bridgehead atoms. The topological polar surface area (TPSA) is 122 Å². The van der Waals surface area contributed by atoms with Gasteiger partial charge in [-0.2, -0.15) is 0 Å². The van der Waals surface area contributed by atoms with E-state index in [1.165, 1.54) is 18.4 Å². The van der Waals surface area contributed by atoms with Gasteiger partial charge in [0, 0.05) is 11.9 Å². The van der Waals surface area contributed by atoms with Crippen molar-refractivity contribution in [3.8, 4) is 0 Å². The van der Waals surface area contributed by atoms with Crippen LogP contribution in [0.2, 0.25) is 0 Å². The lowest BCUT2D eigenvalue weighted by atomic mass is 10.1. The summed E-state index contributed by atoms with van der Waals surface area (Å²) in [5, 5.41) is 6.43. The SMILES string of the molecule is CCOC(=O)c1c(NC(=O)CN2C(=O)S/C(=C\c3cccs3)C2=O)sc(C(=O)NC)c1C. The van der Waals surface area contributed by atoms with Gasteiger partial charge in [-0.15, -0.1) is 22.7 Å². The molecule has 1 fully saturated rings. The molecule has 4 amide bonds. The summed E-state index contributed by atoms with van der Waals surface area (Å²) in [5.41, 5.74) is 0.434. The maximum Gasteiger partial charge on any atom is 0.341 e. The Labute approximate surface area is 195 Å². The van der Waals surface area contributed by atoms with Gasteiger partial charge < -0.3 is 15.4 Å². The number of amides is 4. The van der Waals surface area contributed by atoms with E-state index in [4.69, 9.17) is 4.74 Å². The number of hydrogen-bond acceptors (Lipinski definition) is 9. The van der Waals surface area contributed by atoms with E-state index in [1.54, 1.807) is 19.9 Å². The number of ether oxygens (including phenoxy) is 1. The van der Waals surface area contributed by atoms with Gasteiger partial charge in [0.15, 0.2) is 0 Å². The summed E-state index contributed by atoms with van der Waals surface area (Å²) in [6, 6.07) is 3.64. The largest absolute Gasteiger partial charge is 0.462 e. The number of imide groups is 1. The number of rotatable bonds is 7. The van der Waals surface area contributed by atoms with E-state index in [0.29, 0.717) is 5.56 Å². The third-order valence-corrected chi connectivity index (χ3v) is 7.24. The molecule has 0 atom stereocenters. The molecule has 3 heterocycles. The molecule has 0 unspecified atom stereocenters. The summed E-state index contributed by atoms with van der Waals surface area (Å²) in [4.78, 5) is 64.2. The molecule has 1 saturated heterocycles. The van der Waals surface area contributed by atoms with Crippen LogP contribution in [0.3, 0.4) is 0 Å². The minimum Gasteiger partial charge on any atom is -0.462 e. The molecule has 2 aromatic rings. The Balaban J connectivity index is 1.80. The molecule has 2 aromatic heterocycles. The number of anilines is 1. The van der Waals surface area contributed by atoms with Crippen molar-refractivity contribution in [2.75, 3.05) is 25.5 Å². The van der Waals surface area contributed by atoms with E-state index in [0.717, 1.165) is 32.9 Å². The molecule has 1 aliphatic heterocycles. The van der Waals surface area contributed by atoms with Crippen LogP contribution in [-0.4, -0.2) is 54.0 Å². The molecule has 168 valence electrons. The van der Waals surface area contributed by atoms with Crippen molar-refractivity contribution in [3.05, 3.63) is 43.3 Å². The molecule has 0 spiro atoms. The van der Waals surface area contributed by atoms with Crippen molar-refractivity contribution >= 4 is 74.4 Å². The van der Waals surface area contributed by atoms with Crippen LogP contribution in [-0.2, 0) is 14.3 Å². The predicted octanol–water partition coefficient (Wildman–Crippen LogP) is 3.33. The quantitative estimate of drug-likeness (QED) is 0.448. The van der Waals surface area contributed by atoms with Crippen LogP contribution < -0.4 is 10.6 Å². The van der Waals surface area contributed by atoms with Crippen LogP contribution in [0, 0.1) is 6.92 Å². The third-order valence-electron chi connectivity index (χ3n) is 4.30. The van der Waals surface area contributed by atoms with Crippen molar-refractivity contribution in [1.82, 2.24) is 10.2 Å². The van der Waals surface area contributed by atoms with E-state index < -0.39 is 35.5 Å². The van der Waals surface area contributed by atoms with E-state index in [2.05, 4.69) is 10.6 Å². The Morgan fingerprint density at radius 2 is 2.00 bits per heavy atom. The summed E-state index contributed by atoms with van der Waals surface area (Å²) in [6.07, 6.45) is 1.60. The van der Waals surface area contributed by atoms with Crippen LogP contribution in [0.4, 0.5) is 9.80 Å². The second-order valence-electron chi connectivity index (χ2n) is 6.39. The second-order valence-corrected chi connectivity index (χ2v) is 9.38. The minimum absolute atomic E-state index is 0.0653. The highest BCUT2D eigenvalue weighted by atomic mass is 32.2. The first kappa shape index (κ1) is 23.7. The normalized spacial score (nSPS) is 14.7. The fourth-order valence-corrected chi connectivity index (χ4v) is 5.55. The highest BCUT2D eigenvalue weighted by Gasteiger charge is 2.37. The molecule has 0 aliphatic carbocycles. The molecule has 1 aliphatic rings. The Bertz CT molecular complexity index is 1120. The van der Waals surface area contributed by atoms with Crippen molar-refractivity contribution in [3.63, 3.8) is 0 Å². The average molecular weight is 494 g/mol. The van der Waals surface area contributed by atoms with Crippen molar-refractivity contribution in [2.24, 2.45) is 0 Å². The van der Waals surface area contributed by atoms with Gasteiger partial charge in [-0.05, 0) is 48.7 Å². The van der Waals surface area contributed by atoms with Crippen molar-refractivity contribution in [2.45, 2.75) is 13.8 Å². The number of carbonyl (C=O) groups excluding carboxylic acids is 5. The van der Waals surface area contributed by atoms with Gasteiger partial charge in [-0.25, -0.2) is 4.79 Å².